The van der Waals surface area contributed by atoms with Crippen molar-refractivity contribution in [2.24, 2.45) is 0 Å². The van der Waals surface area contributed by atoms with Crippen LogP contribution in [0.4, 0.5) is 17.1 Å². The molecule has 1 fully saturated rings. The number of piperidine rings is 1. The number of hydrogen-bond donors (Lipinski definition) is 2. The smallest absolute Gasteiger partial charge is 0.263 e. The second kappa shape index (κ2) is 9.85. The first-order chi connectivity index (χ1) is 15.8. The molecular formula is C25H26ClN3O3S. The van der Waals surface area contributed by atoms with Gasteiger partial charge in [0.1, 0.15) is 4.90 Å². The second-order valence-corrected chi connectivity index (χ2v) is 10.2. The van der Waals surface area contributed by atoms with Gasteiger partial charge in [0, 0.05) is 30.0 Å². The molecule has 8 heteroatoms. The normalized spacial score (nSPS) is 14.1. The van der Waals surface area contributed by atoms with E-state index in [0.29, 0.717) is 11.4 Å². The summed E-state index contributed by atoms with van der Waals surface area (Å²) in [6, 6.07) is 19.0. The maximum Gasteiger partial charge on any atom is 0.263 e. The van der Waals surface area contributed by atoms with Gasteiger partial charge in [0.2, 0.25) is 0 Å². The zero-order valence-corrected chi connectivity index (χ0v) is 19.9. The summed E-state index contributed by atoms with van der Waals surface area (Å²) in [6.07, 6.45) is 3.65. The van der Waals surface area contributed by atoms with Crippen LogP contribution < -0.4 is 14.9 Å². The van der Waals surface area contributed by atoms with Crippen LogP contribution in [0.2, 0.25) is 5.02 Å². The minimum atomic E-state index is -3.98. The molecule has 1 aliphatic rings. The lowest BCUT2D eigenvalue weighted by molar-refractivity contribution is 0.102. The molecule has 0 aromatic heterocycles. The Labute approximate surface area is 199 Å². The fourth-order valence-electron chi connectivity index (χ4n) is 3.85. The molecule has 172 valence electrons. The summed E-state index contributed by atoms with van der Waals surface area (Å²) < 4.78 is 28.5. The molecule has 0 radical (unpaired) electrons. The van der Waals surface area contributed by atoms with E-state index in [1.165, 1.54) is 37.5 Å². The first kappa shape index (κ1) is 23.1. The first-order valence-electron chi connectivity index (χ1n) is 10.9. The van der Waals surface area contributed by atoms with Gasteiger partial charge in [-0.15, -0.1) is 0 Å². The van der Waals surface area contributed by atoms with Crippen molar-refractivity contribution in [3.63, 3.8) is 0 Å². The molecule has 0 bridgehead atoms. The van der Waals surface area contributed by atoms with Gasteiger partial charge in [-0.3, -0.25) is 9.52 Å². The quantitative estimate of drug-likeness (QED) is 0.472. The van der Waals surface area contributed by atoms with E-state index in [9.17, 15) is 13.2 Å². The van der Waals surface area contributed by atoms with Crippen LogP contribution in [0.25, 0.3) is 0 Å². The second-order valence-electron chi connectivity index (χ2n) is 8.11. The van der Waals surface area contributed by atoms with Crippen LogP contribution in [0.5, 0.6) is 0 Å². The summed E-state index contributed by atoms with van der Waals surface area (Å²) in [4.78, 5) is 15.0. The molecule has 33 heavy (non-hydrogen) atoms. The van der Waals surface area contributed by atoms with Crippen molar-refractivity contribution in [3.05, 3.63) is 82.9 Å². The number of hydrogen-bond acceptors (Lipinski definition) is 4. The number of benzene rings is 3. The maximum atomic E-state index is 13.0. The molecule has 0 saturated carbocycles. The Kier molecular flexibility index (Phi) is 6.91. The van der Waals surface area contributed by atoms with Crippen LogP contribution in [0, 0.1) is 6.92 Å². The lowest BCUT2D eigenvalue weighted by Gasteiger charge is -2.28. The van der Waals surface area contributed by atoms with Gasteiger partial charge >= 0.3 is 0 Å². The Morgan fingerprint density at radius 2 is 1.64 bits per heavy atom. The Balaban J connectivity index is 1.51. The highest BCUT2D eigenvalue weighted by atomic mass is 35.5. The standard InChI is InChI=1S/C25H26ClN3O3S/c1-18-7-3-4-8-23(18)28-33(31,32)24-17-19(9-14-22(24)26)25(30)27-20-10-12-21(13-11-20)29-15-5-2-6-16-29/h3-4,7-14,17,28H,2,5-6,15-16H2,1H3,(H,27,30). The fourth-order valence-corrected chi connectivity index (χ4v) is 5.51. The summed E-state index contributed by atoms with van der Waals surface area (Å²) >= 11 is 6.19. The van der Waals surface area contributed by atoms with Gasteiger partial charge in [0.15, 0.2) is 0 Å². The molecule has 4 rings (SSSR count). The average molecular weight is 484 g/mol. The number of carbonyl (C=O) groups excluding carboxylic acids is 1. The Morgan fingerprint density at radius 1 is 0.939 bits per heavy atom. The SMILES string of the molecule is Cc1ccccc1NS(=O)(=O)c1cc(C(=O)Nc2ccc(N3CCCCC3)cc2)ccc1Cl. The third kappa shape index (κ3) is 5.49. The van der Waals surface area contributed by atoms with Crippen molar-refractivity contribution in [2.45, 2.75) is 31.1 Å². The average Bonchev–Trinajstić information content (AvgIpc) is 2.81. The number of rotatable bonds is 6. The van der Waals surface area contributed by atoms with Crippen LogP contribution in [-0.4, -0.2) is 27.4 Å². The maximum absolute atomic E-state index is 13.0. The zero-order valence-electron chi connectivity index (χ0n) is 18.3. The molecule has 0 atom stereocenters. The summed E-state index contributed by atoms with van der Waals surface area (Å²) in [5, 5.41) is 2.87. The summed E-state index contributed by atoms with van der Waals surface area (Å²) in [6.45, 7) is 3.90. The van der Waals surface area contributed by atoms with E-state index in [2.05, 4.69) is 14.9 Å². The largest absolute Gasteiger partial charge is 0.372 e. The molecule has 3 aromatic carbocycles. The molecule has 6 nitrogen and oxygen atoms in total. The molecule has 0 spiro atoms. The Hall–Kier alpha value is -3.03. The van der Waals surface area contributed by atoms with Gasteiger partial charge in [-0.1, -0.05) is 29.8 Å². The van der Waals surface area contributed by atoms with Crippen LogP contribution in [-0.2, 0) is 10.0 Å². The highest BCUT2D eigenvalue weighted by Gasteiger charge is 2.21. The van der Waals surface area contributed by atoms with E-state index < -0.39 is 15.9 Å². The van der Waals surface area contributed by atoms with Crippen LogP contribution in [0.15, 0.2) is 71.6 Å². The van der Waals surface area contributed by atoms with Crippen molar-refractivity contribution in [3.8, 4) is 0 Å². The topological polar surface area (TPSA) is 78.5 Å². The molecule has 1 amide bonds. The zero-order chi connectivity index (χ0) is 23.4. The Bertz CT molecular complexity index is 1250. The third-order valence-corrected chi connectivity index (χ3v) is 7.57. The summed E-state index contributed by atoms with van der Waals surface area (Å²) in [5.74, 6) is -0.412. The molecule has 1 aliphatic heterocycles. The molecule has 2 N–H and O–H groups in total. The van der Waals surface area contributed by atoms with Gasteiger partial charge in [-0.05, 0) is 80.3 Å². The minimum absolute atomic E-state index is 0.0403. The number of nitrogens with one attached hydrogen (secondary N) is 2. The Morgan fingerprint density at radius 3 is 2.33 bits per heavy atom. The number of carbonyl (C=O) groups is 1. The molecule has 0 aliphatic carbocycles. The van der Waals surface area contributed by atoms with E-state index in [4.69, 9.17) is 11.6 Å². The number of nitrogens with zero attached hydrogens (tertiary/aromatic N) is 1. The van der Waals surface area contributed by atoms with E-state index >= 15 is 0 Å². The van der Waals surface area contributed by atoms with Gasteiger partial charge in [0.05, 0.1) is 10.7 Å². The molecular weight excluding hydrogens is 458 g/mol. The van der Waals surface area contributed by atoms with Crippen molar-refractivity contribution >= 4 is 44.6 Å². The predicted octanol–water partition coefficient (Wildman–Crippen LogP) is 5.69. The van der Waals surface area contributed by atoms with Crippen LogP contribution >= 0.6 is 11.6 Å². The summed E-state index contributed by atoms with van der Waals surface area (Å²) in [5.41, 5.74) is 3.20. The number of halogens is 1. The van der Waals surface area contributed by atoms with Crippen molar-refractivity contribution < 1.29 is 13.2 Å². The van der Waals surface area contributed by atoms with Crippen molar-refractivity contribution in [2.75, 3.05) is 28.0 Å². The fraction of sp³-hybridized carbons (Fsp3) is 0.240. The third-order valence-electron chi connectivity index (χ3n) is 5.72. The molecule has 3 aromatic rings. The van der Waals surface area contributed by atoms with Gasteiger partial charge < -0.3 is 10.2 Å². The number of anilines is 3. The molecule has 1 saturated heterocycles. The van der Waals surface area contributed by atoms with Gasteiger partial charge in [-0.2, -0.15) is 0 Å². The molecule has 0 unspecified atom stereocenters. The van der Waals surface area contributed by atoms with Crippen LogP contribution in [0.1, 0.15) is 35.2 Å². The summed E-state index contributed by atoms with van der Waals surface area (Å²) in [7, 11) is -3.98. The van der Waals surface area contributed by atoms with Crippen LogP contribution in [0.3, 0.4) is 0 Å². The molecule has 1 heterocycles. The number of para-hydroxylation sites is 1. The van der Waals surface area contributed by atoms with Crippen molar-refractivity contribution in [1.82, 2.24) is 0 Å². The minimum Gasteiger partial charge on any atom is -0.372 e. The van der Waals surface area contributed by atoms with Crippen molar-refractivity contribution in [1.29, 1.82) is 0 Å². The van der Waals surface area contributed by atoms with E-state index in [1.807, 2.05) is 30.3 Å². The van der Waals surface area contributed by atoms with E-state index in [0.717, 1.165) is 24.3 Å². The van der Waals surface area contributed by atoms with E-state index in [1.54, 1.807) is 25.1 Å². The highest BCUT2D eigenvalue weighted by Crippen LogP contribution is 2.27. The van der Waals surface area contributed by atoms with Gasteiger partial charge in [-0.25, -0.2) is 8.42 Å². The van der Waals surface area contributed by atoms with Gasteiger partial charge in [0.25, 0.3) is 15.9 Å². The highest BCUT2D eigenvalue weighted by molar-refractivity contribution is 7.92. The number of amides is 1. The number of sulfonamides is 1. The lowest BCUT2D eigenvalue weighted by atomic mass is 10.1. The number of aryl methyl sites for hydroxylation is 1. The lowest BCUT2D eigenvalue weighted by Crippen LogP contribution is -2.29. The predicted molar refractivity (Wildman–Crippen MR) is 134 cm³/mol. The first-order valence-corrected chi connectivity index (χ1v) is 12.7. The van der Waals surface area contributed by atoms with E-state index in [-0.39, 0.29) is 15.5 Å². The monoisotopic (exact) mass is 483 g/mol.